The first kappa shape index (κ1) is 10.6. The lowest BCUT2D eigenvalue weighted by molar-refractivity contribution is -0.385. The van der Waals surface area contributed by atoms with Crippen molar-refractivity contribution in [1.29, 1.82) is 0 Å². The van der Waals surface area contributed by atoms with Gasteiger partial charge >= 0.3 is 0 Å². The van der Waals surface area contributed by atoms with Crippen LogP contribution < -0.4 is 5.73 Å². The van der Waals surface area contributed by atoms with Crippen molar-refractivity contribution in [3.05, 3.63) is 38.9 Å². The van der Waals surface area contributed by atoms with Crippen LogP contribution in [0.5, 0.6) is 0 Å². The van der Waals surface area contributed by atoms with E-state index in [0.29, 0.717) is 15.8 Å². The number of benzene rings is 1. The molecule has 0 fully saturated rings. The Kier molecular flexibility index (Phi) is 2.61. The average Bonchev–Trinajstić information content (AvgIpc) is 2.65. The van der Waals surface area contributed by atoms with Gasteiger partial charge in [0.25, 0.3) is 5.69 Å². The zero-order valence-corrected chi connectivity index (χ0v) is 9.47. The second-order valence-electron chi connectivity index (χ2n) is 3.04. The lowest BCUT2D eigenvalue weighted by Gasteiger charge is -1.98. The van der Waals surface area contributed by atoms with Crippen LogP contribution in [0.3, 0.4) is 0 Å². The molecule has 0 atom stereocenters. The fraction of sp³-hybridized carbons (Fsp3) is 0. The summed E-state index contributed by atoms with van der Waals surface area (Å²) >= 11 is 3.10. The van der Waals surface area contributed by atoms with Crippen LogP contribution in [0.25, 0.3) is 11.3 Å². The first-order valence-electron chi connectivity index (χ1n) is 4.24. The van der Waals surface area contributed by atoms with Crippen LogP contribution in [0.15, 0.2) is 33.3 Å². The molecule has 0 spiro atoms. The highest BCUT2D eigenvalue weighted by Crippen LogP contribution is 2.30. The SMILES string of the molecule is Nc1cc(-c2ccc(Br)c([N+](=O)[O-])c2)on1. The van der Waals surface area contributed by atoms with Crippen molar-refractivity contribution in [1.82, 2.24) is 5.16 Å². The Labute approximate surface area is 98.3 Å². The van der Waals surface area contributed by atoms with Gasteiger partial charge in [0.05, 0.1) is 9.40 Å². The molecule has 0 aliphatic carbocycles. The van der Waals surface area contributed by atoms with Gasteiger partial charge in [0.1, 0.15) is 0 Å². The summed E-state index contributed by atoms with van der Waals surface area (Å²) in [5.74, 6) is 0.633. The number of halogens is 1. The molecule has 0 amide bonds. The van der Waals surface area contributed by atoms with Gasteiger partial charge in [-0.05, 0) is 28.1 Å². The van der Waals surface area contributed by atoms with E-state index in [-0.39, 0.29) is 11.5 Å². The van der Waals surface area contributed by atoms with Crippen LogP contribution in [0, 0.1) is 10.1 Å². The summed E-state index contributed by atoms with van der Waals surface area (Å²) in [6.45, 7) is 0. The average molecular weight is 284 g/mol. The Morgan fingerprint density at radius 3 is 2.75 bits per heavy atom. The fourth-order valence-corrected chi connectivity index (χ4v) is 1.62. The Morgan fingerprint density at radius 1 is 1.44 bits per heavy atom. The molecule has 1 aromatic carbocycles. The summed E-state index contributed by atoms with van der Waals surface area (Å²) in [6.07, 6.45) is 0. The van der Waals surface area contributed by atoms with Crippen LogP contribution >= 0.6 is 15.9 Å². The standard InChI is InChI=1S/C9H6BrN3O3/c10-6-2-1-5(3-7(6)13(14)15)8-4-9(11)12-16-8/h1-4H,(H2,11,12). The van der Waals surface area contributed by atoms with Crippen molar-refractivity contribution in [2.24, 2.45) is 0 Å². The maximum Gasteiger partial charge on any atom is 0.284 e. The monoisotopic (exact) mass is 283 g/mol. The molecule has 7 heteroatoms. The predicted octanol–water partition coefficient (Wildman–Crippen LogP) is 2.59. The number of aromatic nitrogens is 1. The van der Waals surface area contributed by atoms with Crippen molar-refractivity contribution in [2.45, 2.75) is 0 Å². The number of anilines is 1. The van der Waals surface area contributed by atoms with Crippen LogP contribution in [0.4, 0.5) is 11.5 Å². The molecule has 16 heavy (non-hydrogen) atoms. The van der Waals surface area contributed by atoms with Crippen molar-refractivity contribution >= 4 is 27.4 Å². The maximum atomic E-state index is 10.7. The first-order chi connectivity index (χ1) is 7.58. The topological polar surface area (TPSA) is 95.2 Å². The van der Waals surface area contributed by atoms with Gasteiger partial charge in [0, 0.05) is 17.7 Å². The van der Waals surface area contributed by atoms with E-state index in [1.807, 2.05) is 0 Å². The number of nitrogens with two attached hydrogens (primary N) is 1. The molecule has 82 valence electrons. The summed E-state index contributed by atoms with van der Waals surface area (Å²) in [4.78, 5) is 10.2. The van der Waals surface area contributed by atoms with E-state index in [0.717, 1.165) is 0 Å². The molecule has 0 bridgehead atoms. The maximum absolute atomic E-state index is 10.7. The van der Waals surface area contributed by atoms with Gasteiger partial charge < -0.3 is 10.3 Å². The van der Waals surface area contributed by atoms with E-state index in [1.165, 1.54) is 12.1 Å². The smallest absolute Gasteiger partial charge is 0.284 e. The van der Waals surface area contributed by atoms with Crippen molar-refractivity contribution in [2.75, 3.05) is 5.73 Å². The number of nitrogen functional groups attached to an aromatic ring is 1. The van der Waals surface area contributed by atoms with E-state index in [2.05, 4.69) is 21.1 Å². The summed E-state index contributed by atoms with van der Waals surface area (Å²) in [5, 5.41) is 14.2. The van der Waals surface area contributed by atoms with E-state index >= 15 is 0 Å². The zero-order valence-electron chi connectivity index (χ0n) is 7.88. The highest BCUT2D eigenvalue weighted by molar-refractivity contribution is 9.10. The third-order valence-electron chi connectivity index (χ3n) is 1.96. The Balaban J connectivity index is 2.51. The molecule has 0 saturated carbocycles. The van der Waals surface area contributed by atoms with Gasteiger partial charge in [-0.1, -0.05) is 5.16 Å². The Morgan fingerprint density at radius 2 is 2.19 bits per heavy atom. The van der Waals surface area contributed by atoms with Crippen LogP contribution in [0.1, 0.15) is 0 Å². The number of nitrogens with zero attached hydrogens (tertiary/aromatic N) is 2. The molecule has 1 aromatic heterocycles. The van der Waals surface area contributed by atoms with Crippen molar-refractivity contribution in [3.63, 3.8) is 0 Å². The van der Waals surface area contributed by atoms with Gasteiger partial charge in [-0.3, -0.25) is 10.1 Å². The highest BCUT2D eigenvalue weighted by Gasteiger charge is 2.15. The molecule has 0 aliphatic heterocycles. The number of hydrogen-bond donors (Lipinski definition) is 1. The van der Waals surface area contributed by atoms with Gasteiger partial charge in [-0.25, -0.2) is 0 Å². The minimum atomic E-state index is -0.479. The fourth-order valence-electron chi connectivity index (χ4n) is 1.23. The Bertz CT molecular complexity index is 553. The molecule has 2 rings (SSSR count). The van der Waals surface area contributed by atoms with Crippen LogP contribution in [-0.2, 0) is 0 Å². The summed E-state index contributed by atoms with van der Waals surface area (Å²) in [7, 11) is 0. The number of nitro groups is 1. The minimum absolute atomic E-state index is 0.0347. The summed E-state index contributed by atoms with van der Waals surface area (Å²) in [6, 6.07) is 6.15. The second-order valence-corrected chi connectivity index (χ2v) is 3.89. The van der Waals surface area contributed by atoms with Crippen molar-refractivity contribution in [3.8, 4) is 11.3 Å². The summed E-state index contributed by atoms with van der Waals surface area (Å²) in [5.41, 5.74) is 5.92. The third-order valence-corrected chi connectivity index (χ3v) is 2.63. The molecule has 2 aromatic rings. The zero-order chi connectivity index (χ0) is 11.7. The number of nitro benzene ring substituents is 1. The Hall–Kier alpha value is -1.89. The van der Waals surface area contributed by atoms with Gasteiger partial charge in [0.2, 0.25) is 0 Å². The van der Waals surface area contributed by atoms with Crippen LogP contribution in [0.2, 0.25) is 0 Å². The lowest BCUT2D eigenvalue weighted by atomic mass is 10.1. The predicted molar refractivity (Wildman–Crippen MR) is 60.7 cm³/mol. The minimum Gasteiger partial charge on any atom is -0.381 e. The van der Waals surface area contributed by atoms with Crippen molar-refractivity contribution < 1.29 is 9.45 Å². The number of rotatable bonds is 2. The second kappa shape index (κ2) is 3.93. The normalized spacial score (nSPS) is 10.3. The summed E-state index contributed by atoms with van der Waals surface area (Å²) < 4.78 is 5.32. The van der Waals surface area contributed by atoms with E-state index in [9.17, 15) is 10.1 Å². The van der Waals surface area contributed by atoms with Gasteiger partial charge in [-0.2, -0.15) is 0 Å². The van der Waals surface area contributed by atoms with E-state index in [1.54, 1.807) is 12.1 Å². The lowest BCUT2D eigenvalue weighted by Crippen LogP contribution is -1.89. The quantitative estimate of drug-likeness (QED) is 0.675. The van der Waals surface area contributed by atoms with E-state index in [4.69, 9.17) is 10.3 Å². The largest absolute Gasteiger partial charge is 0.381 e. The molecule has 0 saturated heterocycles. The first-order valence-corrected chi connectivity index (χ1v) is 5.04. The third kappa shape index (κ3) is 1.89. The van der Waals surface area contributed by atoms with Gasteiger partial charge in [-0.15, -0.1) is 0 Å². The van der Waals surface area contributed by atoms with E-state index < -0.39 is 4.92 Å². The molecular weight excluding hydrogens is 278 g/mol. The molecular formula is C9H6BrN3O3. The van der Waals surface area contributed by atoms with Gasteiger partial charge in [0.15, 0.2) is 11.6 Å². The molecule has 6 nitrogen and oxygen atoms in total. The van der Waals surface area contributed by atoms with Crippen LogP contribution in [-0.4, -0.2) is 10.1 Å². The molecule has 0 aliphatic rings. The molecule has 0 unspecified atom stereocenters. The molecule has 0 radical (unpaired) electrons. The highest BCUT2D eigenvalue weighted by atomic mass is 79.9. The number of hydrogen-bond acceptors (Lipinski definition) is 5. The molecule has 2 N–H and O–H groups in total. The molecule has 1 heterocycles.